The Morgan fingerprint density at radius 3 is 3.06 bits per heavy atom. The van der Waals surface area contributed by atoms with Crippen molar-refractivity contribution >= 4 is 11.4 Å². The standard InChI is InChI=1S/C15H22N2O/c1-15(2)11-17(9-10-18-15)14-7-3-6-13-12(14)5-4-8-16-13/h3,6-7,16H,4-5,8-11H2,1-2H3. The Kier molecular flexibility index (Phi) is 2.94. The maximum atomic E-state index is 5.80. The van der Waals surface area contributed by atoms with E-state index in [1.54, 1.807) is 0 Å². The van der Waals surface area contributed by atoms with Crippen molar-refractivity contribution in [1.29, 1.82) is 0 Å². The van der Waals surface area contributed by atoms with Crippen molar-refractivity contribution in [2.24, 2.45) is 0 Å². The summed E-state index contributed by atoms with van der Waals surface area (Å²) in [6.07, 6.45) is 2.42. The normalized spacial score (nSPS) is 22.2. The van der Waals surface area contributed by atoms with Crippen LogP contribution in [0.2, 0.25) is 0 Å². The number of nitrogens with one attached hydrogen (secondary N) is 1. The van der Waals surface area contributed by atoms with Gasteiger partial charge < -0.3 is 15.0 Å². The minimum atomic E-state index is -0.0386. The second kappa shape index (κ2) is 4.47. The zero-order chi connectivity index (χ0) is 12.6. The van der Waals surface area contributed by atoms with Crippen LogP contribution in [0.4, 0.5) is 11.4 Å². The van der Waals surface area contributed by atoms with Crippen LogP contribution >= 0.6 is 0 Å². The van der Waals surface area contributed by atoms with Crippen LogP contribution in [0.5, 0.6) is 0 Å². The molecule has 0 saturated carbocycles. The molecule has 0 radical (unpaired) electrons. The molecule has 3 nitrogen and oxygen atoms in total. The third kappa shape index (κ3) is 2.19. The lowest BCUT2D eigenvalue weighted by molar-refractivity contribution is -0.0277. The molecular formula is C15H22N2O. The monoisotopic (exact) mass is 246 g/mol. The molecule has 0 unspecified atom stereocenters. The van der Waals surface area contributed by atoms with Crippen LogP contribution in [0.15, 0.2) is 18.2 Å². The van der Waals surface area contributed by atoms with E-state index in [4.69, 9.17) is 4.74 Å². The maximum absolute atomic E-state index is 5.80. The zero-order valence-electron chi connectivity index (χ0n) is 11.3. The molecule has 0 aromatic heterocycles. The third-order valence-electron chi connectivity index (χ3n) is 3.84. The minimum Gasteiger partial charge on any atom is -0.385 e. The molecule has 0 atom stereocenters. The van der Waals surface area contributed by atoms with Gasteiger partial charge in [-0.05, 0) is 44.4 Å². The number of morpholine rings is 1. The molecule has 2 aliphatic heterocycles. The van der Waals surface area contributed by atoms with Gasteiger partial charge in [0, 0.05) is 31.0 Å². The molecule has 3 rings (SSSR count). The topological polar surface area (TPSA) is 24.5 Å². The molecule has 1 N–H and O–H groups in total. The maximum Gasteiger partial charge on any atom is 0.0801 e. The Balaban J connectivity index is 1.92. The molecule has 2 aliphatic rings. The van der Waals surface area contributed by atoms with E-state index in [1.165, 1.54) is 29.8 Å². The van der Waals surface area contributed by atoms with Gasteiger partial charge in [0.1, 0.15) is 0 Å². The van der Waals surface area contributed by atoms with E-state index in [2.05, 4.69) is 42.3 Å². The number of ether oxygens (including phenoxy) is 1. The largest absolute Gasteiger partial charge is 0.385 e. The van der Waals surface area contributed by atoms with Crippen LogP contribution in [0.1, 0.15) is 25.8 Å². The number of fused-ring (bicyclic) bond motifs is 1. The highest BCUT2D eigenvalue weighted by Gasteiger charge is 2.29. The first kappa shape index (κ1) is 11.8. The van der Waals surface area contributed by atoms with Crippen LogP contribution in [0, 0.1) is 0 Å². The van der Waals surface area contributed by atoms with Crippen molar-refractivity contribution < 1.29 is 4.74 Å². The summed E-state index contributed by atoms with van der Waals surface area (Å²) in [5.74, 6) is 0. The summed E-state index contributed by atoms with van der Waals surface area (Å²) in [5, 5.41) is 3.50. The van der Waals surface area contributed by atoms with Gasteiger partial charge in [0.05, 0.1) is 12.2 Å². The van der Waals surface area contributed by atoms with E-state index in [0.29, 0.717) is 0 Å². The number of benzene rings is 1. The van der Waals surface area contributed by atoms with E-state index in [1.807, 2.05) is 0 Å². The van der Waals surface area contributed by atoms with Crippen LogP contribution < -0.4 is 10.2 Å². The van der Waals surface area contributed by atoms with Crippen molar-refractivity contribution in [2.45, 2.75) is 32.3 Å². The number of nitrogens with zero attached hydrogens (tertiary/aromatic N) is 1. The summed E-state index contributed by atoms with van der Waals surface area (Å²) < 4.78 is 5.80. The van der Waals surface area contributed by atoms with E-state index in [9.17, 15) is 0 Å². The predicted molar refractivity (Wildman–Crippen MR) is 75.5 cm³/mol. The Hall–Kier alpha value is -1.22. The number of rotatable bonds is 1. The lowest BCUT2D eigenvalue weighted by atomic mass is 9.99. The predicted octanol–water partition coefficient (Wildman–Crippen LogP) is 2.66. The highest BCUT2D eigenvalue weighted by molar-refractivity contribution is 5.68. The van der Waals surface area contributed by atoms with E-state index >= 15 is 0 Å². The molecule has 0 bridgehead atoms. The second-order valence-electron chi connectivity index (χ2n) is 5.86. The first-order valence-corrected chi connectivity index (χ1v) is 6.90. The molecule has 0 amide bonds. The quantitative estimate of drug-likeness (QED) is 0.824. The average Bonchev–Trinajstić information content (AvgIpc) is 2.37. The minimum absolute atomic E-state index is 0.0386. The molecule has 1 saturated heterocycles. The SMILES string of the molecule is CC1(C)CN(c2cccc3c2CCCN3)CCO1. The van der Waals surface area contributed by atoms with Crippen molar-refractivity contribution in [3.8, 4) is 0 Å². The first-order valence-electron chi connectivity index (χ1n) is 6.90. The smallest absolute Gasteiger partial charge is 0.0801 e. The van der Waals surface area contributed by atoms with Gasteiger partial charge in [-0.3, -0.25) is 0 Å². The van der Waals surface area contributed by atoms with Gasteiger partial charge in [-0.2, -0.15) is 0 Å². The Labute approximate surface area is 109 Å². The molecule has 1 aromatic carbocycles. The van der Waals surface area contributed by atoms with Crippen LogP contribution in [0.25, 0.3) is 0 Å². The fourth-order valence-corrected chi connectivity index (χ4v) is 3.01. The summed E-state index contributed by atoms with van der Waals surface area (Å²) in [6, 6.07) is 6.62. The first-order chi connectivity index (χ1) is 8.66. The van der Waals surface area contributed by atoms with Crippen LogP contribution in [0.3, 0.4) is 0 Å². The summed E-state index contributed by atoms with van der Waals surface area (Å²) in [5.41, 5.74) is 4.17. The number of hydrogen-bond donors (Lipinski definition) is 1. The van der Waals surface area contributed by atoms with Gasteiger partial charge in [0.25, 0.3) is 0 Å². The molecule has 1 aromatic rings. The molecule has 0 spiro atoms. The second-order valence-corrected chi connectivity index (χ2v) is 5.86. The van der Waals surface area contributed by atoms with Gasteiger partial charge in [0.2, 0.25) is 0 Å². The Bertz CT molecular complexity index is 442. The Morgan fingerprint density at radius 1 is 1.33 bits per heavy atom. The van der Waals surface area contributed by atoms with Crippen molar-refractivity contribution in [2.75, 3.05) is 36.5 Å². The van der Waals surface area contributed by atoms with E-state index < -0.39 is 0 Å². The fourth-order valence-electron chi connectivity index (χ4n) is 3.01. The lowest BCUT2D eigenvalue weighted by Gasteiger charge is -2.41. The highest BCUT2D eigenvalue weighted by atomic mass is 16.5. The van der Waals surface area contributed by atoms with Crippen molar-refractivity contribution in [3.63, 3.8) is 0 Å². The lowest BCUT2D eigenvalue weighted by Crippen LogP contribution is -2.48. The van der Waals surface area contributed by atoms with E-state index in [-0.39, 0.29) is 5.60 Å². The number of hydrogen-bond acceptors (Lipinski definition) is 3. The van der Waals surface area contributed by atoms with Crippen LogP contribution in [-0.2, 0) is 11.2 Å². The van der Waals surface area contributed by atoms with Gasteiger partial charge in [-0.1, -0.05) is 6.07 Å². The van der Waals surface area contributed by atoms with Gasteiger partial charge in [-0.15, -0.1) is 0 Å². The molecule has 3 heteroatoms. The summed E-state index contributed by atoms with van der Waals surface area (Å²) in [6.45, 7) is 8.25. The summed E-state index contributed by atoms with van der Waals surface area (Å²) in [7, 11) is 0. The molecule has 2 heterocycles. The fraction of sp³-hybridized carbons (Fsp3) is 0.600. The molecule has 0 aliphatic carbocycles. The third-order valence-corrected chi connectivity index (χ3v) is 3.84. The summed E-state index contributed by atoms with van der Waals surface area (Å²) in [4.78, 5) is 2.48. The average molecular weight is 246 g/mol. The van der Waals surface area contributed by atoms with Crippen LogP contribution in [-0.4, -0.2) is 31.8 Å². The zero-order valence-corrected chi connectivity index (χ0v) is 11.3. The molecule has 18 heavy (non-hydrogen) atoms. The Morgan fingerprint density at radius 2 is 2.22 bits per heavy atom. The highest BCUT2D eigenvalue weighted by Crippen LogP contribution is 2.33. The van der Waals surface area contributed by atoms with Crippen molar-refractivity contribution in [1.82, 2.24) is 0 Å². The van der Waals surface area contributed by atoms with Crippen molar-refractivity contribution in [3.05, 3.63) is 23.8 Å². The van der Waals surface area contributed by atoms with Gasteiger partial charge >= 0.3 is 0 Å². The molecule has 98 valence electrons. The summed E-state index contributed by atoms with van der Waals surface area (Å²) >= 11 is 0. The van der Waals surface area contributed by atoms with Gasteiger partial charge in [0.15, 0.2) is 0 Å². The number of anilines is 2. The molecular weight excluding hydrogens is 224 g/mol. The van der Waals surface area contributed by atoms with Gasteiger partial charge in [-0.25, -0.2) is 0 Å². The molecule has 1 fully saturated rings. The van der Waals surface area contributed by atoms with E-state index in [0.717, 1.165) is 26.2 Å².